The molecule has 1 aromatic heterocycles. The Morgan fingerprint density at radius 1 is 1.14 bits per heavy atom. The summed E-state index contributed by atoms with van der Waals surface area (Å²) >= 11 is 0. The SMILES string of the molecule is O=c1ccn(CCOCCO)c(C(O)c2ccccc2)c1O. The summed E-state index contributed by atoms with van der Waals surface area (Å²) < 4.78 is 6.76. The Balaban J connectivity index is 2.31. The molecule has 3 N–H and O–H groups in total. The van der Waals surface area contributed by atoms with Gasteiger partial charge in [0.05, 0.1) is 25.5 Å². The van der Waals surface area contributed by atoms with Crippen molar-refractivity contribution in [2.24, 2.45) is 0 Å². The summed E-state index contributed by atoms with van der Waals surface area (Å²) in [5, 5.41) is 29.2. The summed E-state index contributed by atoms with van der Waals surface area (Å²) in [4.78, 5) is 11.7. The molecule has 2 aromatic rings. The maximum atomic E-state index is 11.7. The van der Waals surface area contributed by atoms with Crippen LogP contribution in [-0.2, 0) is 11.3 Å². The second-order valence-corrected chi connectivity index (χ2v) is 4.76. The van der Waals surface area contributed by atoms with E-state index < -0.39 is 17.3 Å². The monoisotopic (exact) mass is 305 g/mol. The minimum Gasteiger partial charge on any atom is -0.503 e. The van der Waals surface area contributed by atoms with E-state index in [0.717, 1.165) is 0 Å². The van der Waals surface area contributed by atoms with Crippen LogP contribution in [0, 0.1) is 0 Å². The van der Waals surface area contributed by atoms with Gasteiger partial charge in [0.25, 0.3) is 0 Å². The third kappa shape index (κ3) is 3.73. The van der Waals surface area contributed by atoms with Crippen LogP contribution in [0.15, 0.2) is 47.4 Å². The molecule has 0 amide bonds. The molecule has 22 heavy (non-hydrogen) atoms. The van der Waals surface area contributed by atoms with E-state index in [1.54, 1.807) is 28.8 Å². The largest absolute Gasteiger partial charge is 0.503 e. The fraction of sp³-hybridized carbons (Fsp3) is 0.312. The van der Waals surface area contributed by atoms with Crippen molar-refractivity contribution in [1.29, 1.82) is 0 Å². The lowest BCUT2D eigenvalue weighted by Crippen LogP contribution is -2.19. The minimum atomic E-state index is -1.12. The molecule has 118 valence electrons. The number of aliphatic hydroxyl groups excluding tert-OH is 2. The number of hydrogen-bond donors (Lipinski definition) is 3. The summed E-state index contributed by atoms with van der Waals surface area (Å²) in [6.07, 6.45) is 0.388. The van der Waals surface area contributed by atoms with Crippen molar-refractivity contribution >= 4 is 0 Å². The molecule has 0 spiro atoms. The number of nitrogens with zero attached hydrogens (tertiary/aromatic N) is 1. The predicted octanol–water partition coefficient (Wildman–Crippen LogP) is 0.644. The Kier molecular flexibility index (Phi) is 5.71. The molecular weight excluding hydrogens is 286 g/mol. The zero-order chi connectivity index (χ0) is 15.9. The van der Waals surface area contributed by atoms with Crippen molar-refractivity contribution in [3.05, 3.63) is 64.1 Å². The van der Waals surface area contributed by atoms with E-state index in [-0.39, 0.29) is 25.5 Å². The van der Waals surface area contributed by atoms with Crippen LogP contribution in [-0.4, -0.2) is 39.7 Å². The molecule has 6 nitrogen and oxygen atoms in total. The number of benzene rings is 1. The van der Waals surface area contributed by atoms with Crippen molar-refractivity contribution in [1.82, 2.24) is 4.57 Å². The number of aromatic nitrogens is 1. The normalized spacial score (nSPS) is 12.3. The van der Waals surface area contributed by atoms with Crippen molar-refractivity contribution < 1.29 is 20.1 Å². The number of aliphatic hydroxyl groups is 2. The van der Waals surface area contributed by atoms with E-state index in [4.69, 9.17) is 9.84 Å². The van der Waals surface area contributed by atoms with Gasteiger partial charge in [-0.15, -0.1) is 0 Å². The number of pyridine rings is 1. The average Bonchev–Trinajstić information content (AvgIpc) is 2.55. The molecule has 1 heterocycles. The highest BCUT2D eigenvalue weighted by molar-refractivity contribution is 5.35. The van der Waals surface area contributed by atoms with Crippen molar-refractivity contribution in [3.8, 4) is 5.75 Å². The third-order valence-electron chi connectivity index (χ3n) is 3.28. The van der Waals surface area contributed by atoms with Crippen LogP contribution in [0.25, 0.3) is 0 Å². The maximum absolute atomic E-state index is 11.7. The van der Waals surface area contributed by atoms with E-state index in [0.29, 0.717) is 12.1 Å². The van der Waals surface area contributed by atoms with Gasteiger partial charge >= 0.3 is 0 Å². The van der Waals surface area contributed by atoms with Gasteiger partial charge in [0.1, 0.15) is 6.10 Å². The quantitative estimate of drug-likeness (QED) is 0.653. The maximum Gasteiger partial charge on any atom is 0.223 e. The second-order valence-electron chi connectivity index (χ2n) is 4.76. The second kappa shape index (κ2) is 7.74. The summed E-state index contributed by atoms with van der Waals surface area (Å²) in [7, 11) is 0. The Morgan fingerprint density at radius 2 is 1.86 bits per heavy atom. The Hall–Kier alpha value is -2.15. The van der Waals surface area contributed by atoms with E-state index in [9.17, 15) is 15.0 Å². The van der Waals surface area contributed by atoms with Gasteiger partial charge in [0, 0.05) is 18.8 Å². The fourth-order valence-corrected chi connectivity index (χ4v) is 2.18. The number of ether oxygens (including phenoxy) is 1. The van der Waals surface area contributed by atoms with Crippen LogP contribution in [0.2, 0.25) is 0 Å². The van der Waals surface area contributed by atoms with E-state index in [2.05, 4.69) is 0 Å². The first-order valence-electron chi connectivity index (χ1n) is 6.99. The van der Waals surface area contributed by atoms with E-state index >= 15 is 0 Å². The smallest absolute Gasteiger partial charge is 0.223 e. The number of rotatable bonds is 7. The van der Waals surface area contributed by atoms with Gasteiger partial charge in [0.2, 0.25) is 5.43 Å². The minimum absolute atomic E-state index is 0.0745. The highest BCUT2D eigenvalue weighted by Gasteiger charge is 2.20. The topological polar surface area (TPSA) is 91.9 Å². The average molecular weight is 305 g/mol. The molecule has 0 aliphatic heterocycles. The van der Waals surface area contributed by atoms with Crippen LogP contribution >= 0.6 is 0 Å². The number of aromatic hydroxyl groups is 1. The van der Waals surface area contributed by atoms with Gasteiger partial charge in [0.15, 0.2) is 5.75 Å². The molecule has 1 unspecified atom stereocenters. The van der Waals surface area contributed by atoms with Gasteiger partial charge < -0.3 is 24.6 Å². The highest BCUT2D eigenvalue weighted by Crippen LogP contribution is 2.26. The molecule has 2 rings (SSSR count). The van der Waals surface area contributed by atoms with Gasteiger partial charge in [-0.1, -0.05) is 30.3 Å². The molecule has 0 fully saturated rings. The summed E-state index contributed by atoms with van der Waals surface area (Å²) in [6.45, 7) is 0.766. The lowest BCUT2D eigenvalue weighted by molar-refractivity contribution is 0.0851. The molecule has 0 aliphatic rings. The van der Waals surface area contributed by atoms with E-state index in [1.807, 2.05) is 6.07 Å². The van der Waals surface area contributed by atoms with Crippen molar-refractivity contribution in [3.63, 3.8) is 0 Å². The molecule has 6 heteroatoms. The van der Waals surface area contributed by atoms with Crippen LogP contribution in [0.4, 0.5) is 0 Å². The van der Waals surface area contributed by atoms with Gasteiger partial charge in [-0.05, 0) is 5.56 Å². The standard InChI is InChI=1S/C16H19NO5/c18-9-11-22-10-8-17-7-6-13(19)16(21)14(17)15(20)12-4-2-1-3-5-12/h1-7,15,18,20-21H,8-11H2. The van der Waals surface area contributed by atoms with Crippen LogP contribution in [0.1, 0.15) is 17.4 Å². The van der Waals surface area contributed by atoms with Crippen molar-refractivity contribution in [2.45, 2.75) is 12.6 Å². The molecule has 0 radical (unpaired) electrons. The molecular formula is C16H19NO5. The first-order chi connectivity index (χ1) is 10.6. The lowest BCUT2D eigenvalue weighted by Gasteiger charge is -2.19. The summed E-state index contributed by atoms with van der Waals surface area (Å²) in [5.41, 5.74) is 0.164. The van der Waals surface area contributed by atoms with Crippen molar-refractivity contribution in [2.75, 3.05) is 19.8 Å². The number of hydrogen-bond acceptors (Lipinski definition) is 5. The zero-order valence-electron chi connectivity index (χ0n) is 12.1. The van der Waals surface area contributed by atoms with Crippen LogP contribution < -0.4 is 5.43 Å². The predicted molar refractivity (Wildman–Crippen MR) is 80.8 cm³/mol. The van der Waals surface area contributed by atoms with Crippen LogP contribution in [0.5, 0.6) is 5.75 Å². The van der Waals surface area contributed by atoms with Gasteiger partial charge in [-0.3, -0.25) is 4.79 Å². The Labute approximate surface area is 127 Å². The Morgan fingerprint density at radius 3 is 2.55 bits per heavy atom. The third-order valence-corrected chi connectivity index (χ3v) is 3.28. The first kappa shape index (κ1) is 16.2. The Bertz CT molecular complexity index is 653. The molecule has 1 atom stereocenters. The molecule has 0 bridgehead atoms. The summed E-state index contributed by atoms with van der Waals surface area (Å²) in [5.74, 6) is -0.471. The van der Waals surface area contributed by atoms with Gasteiger partial charge in [-0.25, -0.2) is 0 Å². The summed E-state index contributed by atoms with van der Waals surface area (Å²) in [6, 6.07) is 10.0. The first-order valence-corrected chi connectivity index (χ1v) is 6.99. The fourth-order valence-electron chi connectivity index (χ4n) is 2.18. The van der Waals surface area contributed by atoms with E-state index in [1.165, 1.54) is 12.3 Å². The molecule has 0 saturated heterocycles. The molecule has 0 saturated carbocycles. The molecule has 1 aromatic carbocycles. The zero-order valence-corrected chi connectivity index (χ0v) is 12.1. The highest BCUT2D eigenvalue weighted by atomic mass is 16.5. The lowest BCUT2D eigenvalue weighted by atomic mass is 10.0. The molecule has 0 aliphatic carbocycles. The van der Waals surface area contributed by atoms with Crippen LogP contribution in [0.3, 0.4) is 0 Å². The van der Waals surface area contributed by atoms with Gasteiger partial charge in [-0.2, -0.15) is 0 Å².